The minimum absolute atomic E-state index is 0.109. The summed E-state index contributed by atoms with van der Waals surface area (Å²) in [6.07, 6.45) is 1.26. The Labute approximate surface area is 84.7 Å². The van der Waals surface area contributed by atoms with Crippen LogP contribution in [-0.4, -0.2) is 27.6 Å². The van der Waals surface area contributed by atoms with Crippen molar-refractivity contribution in [2.24, 2.45) is 5.92 Å². The highest BCUT2D eigenvalue weighted by atomic mass is 16.4. The molecular weight excluding hydrogens is 198 g/mol. The number of nitrogens with zero attached hydrogens (tertiary/aromatic N) is 1. The Morgan fingerprint density at radius 3 is 2.53 bits per heavy atom. The number of aliphatic carboxylic acids is 1. The Hall–Kier alpha value is -2.04. The molecule has 15 heavy (non-hydrogen) atoms. The second kappa shape index (κ2) is 2.98. The number of fused-ring (bicyclic) bond motifs is 1. The molecule has 1 aromatic heterocycles. The first-order valence-electron chi connectivity index (χ1n) is 4.30. The van der Waals surface area contributed by atoms with Gasteiger partial charge in [-0.25, -0.2) is 0 Å². The molecule has 1 aliphatic rings. The van der Waals surface area contributed by atoms with Gasteiger partial charge >= 0.3 is 5.97 Å². The van der Waals surface area contributed by atoms with E-state index in [2.05, 4.69) is 4.98 Å². The van der Waals surface area contributed by atoms with E-state index >= 15 is 0 Å². The summed E-state index contributed by atoms with van der Waals surface area (Å²) in [5.41, 5.74) is 0.860. The number of carboxylic acid groups (broad SMARTS) is 1. The summed E-state index contributed by atoms with van der Waals surface area (Å²) in [5, 5.41) is 8.73. The van der Waals surface area contributed by atoms with Crippen molar-refractivity contribution in [1.82, 2.24) is 4.98 Å². The Balaban J connectivity index is 2.60. The predicted molar refractivity (Wildman–Crippen MR) is 48.8 cm³/mol. The van der Waals surface area contributed by atoms with Crippen LogP contribution in [0.15, 0.2) is 12.3 Å². The van der Waals surface area contributed by atoms with Crippen molar-refractivity contribution in [3.8, 4) is 0 Å². The van der Waals surface area contributed by atoms with E-state index in [1.807, 2.05) is 0 Å². The van der Waals surface area contributed by atoms with Crippen LogP contribution in [0.5, 0.6) is 0 Å². The molecule has 0 radical (unpaired) electrons. The quantitative estimate of drug-likeness (QED) is 0.673. The van der Waals surface area contributed by atoms with Gasteiger partial charge in [-0.15, -0.1) is 0 Å². The van der Waals surface area contributed by atoms with Crippen molar-refractivity contribution in [3.05, 3.63) is 29.1 Å². The molecule has 0 aromatic carbocycles. The normalized spacial score (nSPS) is 19.1. The number of aromatic nitrogens is 1. The average Bonchev–Trinajstić information content (AvgIpc) is 2.39. The highest BCUT2D eigenvalue weighted by Crippen LogP contribution is 2.26. The van der Waals surface area contributed by atoms with Crippen LogP contribution < -0.4 is 0 Å². The molecule has 0 amide bonds. The number of carboxylic acids is 1. The lowest BCUT2D eigenvalue weighted by Gasteiger charge is -1.96. The fourth-order valence-electron chi connectivity index (χ4n) is 1.61. The monoisotopic (exact) mass is 205 g/mol. The van der Waals surface area contributed by atoms with E-state index in [1.54, 1.807) is 6.92 Å². The third-order valence-electron chi connectivity index (χ3n) is 2.34. The Morgan fingerprint density at radius 1 is 1.33 bits per heavy atom. The summed E-state index contributed by atoms with van der Waals surface area (Å²) < 4.78 is 0. The predicted octanol–water partition coefficient (Wildman–Crippen LogP) is 0.470. The van der Waals surface area contributed by atoms with Gasteiger partial charge in [-0.2, -0.15) is 0 Å². The fourth-order valence-corrected chi connectivity index (χ4v) is 1.61. The van der Waals surface area contributed by atoms with Crippen LogP contribution in [0.3, 0.4) is 0 Å². The lowest BCUT2D eigenvalue weighted by atomic mass is 10.1. The molecule has 1 N–H and O–H groups in total. The molecule has 1 aromatic rings. The standard InChI is InChI=1S/C10H7NO4/c1-4-2-5-6(3-11-4)9(13)7(8(5)12)10(14)15/h2-3,7H,1H3,(H,14,15). The van der Waals surface area contributed by atoms with Crippen molar-refractivity contribution in [2.75, 3.05) is 0 Å². The van der Waals surface area contributed by atoms with Crippen LogP contribution in [-0.2, 0) is 4.79 Å². The van der Waals surface area contributed by atoms with Crippen molar-refractivity contribution >= 4 is 17.5 Å². The summed E-state index contributed by atoms with van der Waals surface area (Å²) in [7, 11) is 0. The number of Topliss-reactive ketones (excluding diaryl/α,β-unsaturated/α-hetero) is 2. The number of ketones is 2. The van der Waals surface area contributed by atoms with Gasteiger partial charge in [0.05, 0.1) is 0 Å². The molecule has 76 valence electrons. The second-order valence-electron chi connectivity index (χ2n) is 3.37. The molecule has 5 nitrogen and oxygen atoms in total. The van der Waals surface area contributed by atoms with E-state index in [0.29, 0.717) is 5.69 Å². The highest BCUT2D eigenvalue weighted by Gasteiger charge is 2.43. The maximum atomic E-state index is 11.6. The average molecular weight is 205 g/mol. The summed E-state index contributed by atoms with van der Waals surface area (Å²) in [6, 6.07) is 1.44. The van der Waals surface area contributed by atoms with Gasteiger partial charge in [-0.05, 0) is 13.0 Å². The molecule has 5 heteroatoms. The maximum Gasteiger partial charge on any atom is 0.322 e. The molecule has 0 spiro atoms. The largest absolute Gasteiger partial charge is 0.480 e. The van der Waals surface area contributed by atoms with Gasteiger partial charge in [0.2, 0.25) is 0 Å². The summed E-state index contributed by atoms with van der Waals surface area (Å²) in [6.45, 7) is 1.67. The van der Waals surface area contributed by atoms with Gasteiger partial charge < -0.3 is 5.11 Å². The highest BCUT2D eigenvalue weighted by molar-refractivity contribution is 6.34. The number of pyridine rings is 1. The van der Waals surface area contributed by atoms with E-state index in [1.165, 1.54) is 12.3 Å². The molecule has 1 unspecified atom stereocenters. The van der Waals surface area contributed by atoms with Crippen LogP contribution in [0, 0.1) is 12.8 Å². The Bertz CT molecular complexity index is 492. The first-order valence-corrected chi connectivity index (χ1v) is 4.30. The van der Waals surface area contributed by atoms with Gasteiger partial charge in [0.25, 0.3) is 0 Å². The molecule has 1 aliphatic carbocycles. The van der Waals surface area contributed by atoms with Crippen molar-refractivity contribution in [1.29, 1.82) is 0 Å². The summed E-state index contributed by atoms with van der Waals surface area (Å²) >= 11 is 0. The first kappa shape index (κ1) is 9.51. The molecule has 1 atom stereocenters. The zero-order chi connectivity index (χ0) is 11.2. The number of carbonyl (C=O) groups excluding carboxylic acids is 2. The van der Waals surface area contributed by atoms with Crippen LogP contribution in [0.25, 0.3) is 0 Å². The molecule has 0 bridgehead atoms. The molecule has 0 saturated heterocycles. The van der Waals surface area contributed by atoms with Crippen molar-refractivity contribution in [2.45, 2.75) is 6.92 Å². The van der Waals surface area contributed by atoms with E-state index in [-0.39, 0.29) is 11.1 Å². The van der Waals surface area contributed by atoms with E-state index in [9.17, 15) is 14.4 Å². The molecule has 0 fully saturated rings. The topological polar surface area (TPSA) is 84.3 Å². The molecule has 0 aliphatic heterocycles. The third-order valence-corrected chi connectivity index (χ3v) is 2.34. The number of rotatable bonds is 1. The Morgan fingerprint density at radius 2 is 1.93 bits per heavy atom. The van der Waals surface area contributed by atoms with E-state index < -0.39 is 23.5 Å². The molecule has 1 heterocycles. The first-order chi connectivity index (χ1) is 7.02. The molecular formula is C10H7NO4. The zero-order valence-corrected chi connectivity index (χ0v) is 7.85. The van der Waals surface area contributed by atoms with Gasteiger partial charge in [0, 0.05) is 23.0 Å². The van der Waals surface area contributed by atoms with Crippen molar-refractivity contribution < 1.29 is 19.5 Å². The summed E-state index contributed by atoms with van der Waals surface area (Å²) in [5.74, 6) is -4.30. The van der Waals surface area contributed by atoms with Crippen LogP contribution in [0.1, 0.15) is 26.4 Å². The second-order valence-corrected chi connectivity index (χ2v) is 3.37. The minimum Gasteiger partial charge on any atom is -0.480 e. The van der Waals surface area contributed by atoms with Crippen LogP contribution in [0.2, 0.25) is 0 Å². The Kier molecular flexibility index (Phi) is 1.89. The smallest absolute Gasteiger partial charge is 0.322 e. The number of aryl methyl sites for hydroxylation is 1. The SMILES string of the molecule is Cc1cc2c(cn1)C(=O)C(C(=O)O)C2=O. The summed E-state index contributed by atoms with van der Waals surface area (Å²) in [4.78, 5) is 37.7. The van der Waals surface area contributed by atoms with Gasteiger partial charge in [0.1, 0.15) is 0 Å². The third kappa shape index (κ3) is 1.24. The maximum absolute atomic E-state index is 11.6. The van der Waals surface area contributed by atoms with Crippen LogP contribution >= 0.6 is 0 Å². The fraction of sp³-hybridized carbons (Fsp3) is 0.200. The number of carbonyl (C=O) groups is 3. The molecule has 2 rings (SSSR count). The molecule has 0 saturated carbocycles. The van der Waals surface area contributed by atoms with Crippen LogP contribution in [0.4, 0.5) is 0 Å². The number of hydrogen-bond donors (Lipinski definition) is 1. The van der Waals surface area contributed by atoms with Gasteiger partial charge in [0.15, 0.2) is 17.5 Å². The minimum atomic E-state index is -1.58. The number of hydrogen-bond acceptors (Lipinski definition) is 4. The lowest BCUT2D eigenvalue weighted by Crippen LogP contribution is -2.24. The van der Waals surface area contributed by atoms with Crippen molar-refractivity contribution in [3.63, 3.8) is 0 Å². The lowest BCUT2D eigenvalue weighted by molar-refractivity contribution is -0.138. The van der Waals surface area contributed by atoms with Gasteiger partial charge in [-0.3, -0.25) is 19.4 Å². The zero-order valence-electron chi connectivity index (χ0n) is 7.85. The van der Waals surface area contributed by atoms with E-state index in [4.69, 9.17) is 5.11 Å². The van der Waals surface area contributed by atoms with Gasteiger partial charge in [-0.1, -0.05) is 0 Å². The van der Waals surface area contributed by atoms with E-state index in [0.717, 1.165) is 0 Å².